The summed E-state index contributed by atoms with van der Waals surface area (Å²) in [5.41, 5.74) is 0.972. The van der Waals surface area contributed by atoms with E-state index < -0.39 is 0 Å². The molecule has 0 radical (unpaired) electrons. The Kier molecular flexibility index (Phi) is 6.60. The molecule has 1 N–H and O–H groups in total. The molecule has 0 aliphatic carbocycles. The molecule has 0 aromatic carbocycles. The molecule has 5 heteroatoms. The summed E-state index contributed by atoms with van der Waals surface area (Å²) in [7, 11) is 3.75. The molecule has 0 saturated carbocycles. The lowest BCUT2D eigenvalue weighted by molar-refractivity contribution is 0.196. The second-order valence-electron chi connectivity index (χ2n) is 4.67. The zero-order valence-corrected chi connectivity index (χ0v) is 11.8. The largest absolute Gasteiger partial charge is 0.385 e. The van der Waals surface area contributed by atoms with E-state index >= 15 is 0 Å². The third-order valence-corrected chi connectivity index (χ3v) is 2.60. The van der Waals surface area contributed by atoms with Crippen molar-refractivity contribution >= 4 is 5.82 Å². The van der Waals surface area contributed by atoms with Gasteiger partial charge in [0.25, 0.3) is 0 Å². The third-order valence-electron chi connectivity index (χ3n) is 2.60. The predicted octanol–water partition coefficient (Wildman–Crippen LogP) is 1.45. The lowest BCUT2D eigenvalue weighted by atomic mass is 10.3. The van der Waals surface area contributed by atoms with Gasteiger partial charge in [-0.25, -0.2) is 4.98 Å². The first kappa shape index (κ1) is 14.9. The van der Waals surface area contributed by atoms with E-state index in [1.165, 1.54) is 0 Å². The first-order chi connectivity index (χ1) is 8.63. The molecule has 0 amide bonds. The van der Waals surface area contributed by atoms with Crippen LogP contribution >= 0.6 is 0 Å². The van der Waals surface area contributed by atoms with Crippen LogP contribution in [-0.4, -0.2) is 43.3 Å². The molecule has 0 saturated heterocycles. The van der Waals surface area contributed by atoms with Crippen LogP contribution in [0.2, 0.25) is 0 Å². The molecule has 0 aliphatic rings. The standard InChI is InChI=1S/C13H24N4O/c1-11(2)15-9-12-8-14-10-13(16-12)17(3)6-5-7-18-4/h8,10-11,15H,5-7,9H2,1-4H3. The van der Waals surface area contributed by atoms with Crippen LogP contribution in [0.25, 0.3) is 0 Å². The Labute approximate surface area is 110 Å². The van der Waals surface area contributed by atoms with Crippen LogP contribution in [0.3, 0.4) is 0 Å². The molecule has 0 atom stereocenters. The van der Waals surface area contributed by atoms with Crippen molar-refractivity contribution in [2.75, 3.05) is 32.2 Å². The van der Waals surface area contributed by atoms with Crippen molar-refractivity contribution in [3.63, 3.8) is 0 Å². The van der Waals surface area contributed by atoms with E-state index in [0.717, 1.165) is 37.6 Å². The lowest BCUT2D eigenvalue weighted by Gasteiger charge is -2.18. The molecular weight excluding hydrogens is 228 g/mol. The number of anilines is 1. The van der Waals surface area contributed by atoms with Crippen LogP contribution in [0.15, 0.2) is 12.4 Å². The SMILES string of the molecule is COCCCN(C)c1cncc(CNC(C)C)n1. The fourth-order valence-electron chi connectivity index (χ4n) is 1.53. The van der Waals surface area contributed by atoms with Crippen molar-refractivity contribution in [2.24, 2.45) is 0 Å². The van der Waals surface area contributed by atoms with Gasteiger partial charge in [-0.05, 0) is 6.42 Å². The molecule has 0 bridgehead atoms. The van der Waals surface area contributed by atoms with Crippen molar-refractivity contribution in [2.45, 2.75) is 32.9 Å². The van der Waals surface area contributed by atoms with Gasteiger partial charge in [0.05, 0.1) is 11.9 Å². The topological polar surface area (TPSA) is 50.3 Å². The van der Waals surface area contributed by atoms with Gasteiger partial charge in [0.1, 0.15) is 5.82 Å². The van der Waals surface area contributed by atoms with Crippen LogP contribution in [-0.2, 0) is 11.3 Å². The Morgan fingerprint density at radius 2 is 2.17 bits per heavy atom. The van der Waals surface area contributed by atoms with E-state index in [2.05, 4.69) is 34.0 Å². The van der Waals surface area contributed by atoms with Crippen molar-refractivity contribution in [3.05, 3.63) is 18.1 Å². The molecule has 102 valence electrons. The smallest absolute Gasteiger partial charge is 0.147 e. The molecule has 5 nitrogen and oxygen atoms in total. The second kappa shape index (κ2) is 8.00. The van der Waals surface area contributed by atoms with Crippen molar-refractivity contribution in [1.82, 2.24) is 15.3 Å². The van der Waals surface area contributed by atoms with Gasteiger partial charge in [0.2, 0.25) is 0 Å². The summed E-state index contributed by atoms with van der Waals surface area (Å²) in [5, 5.41) is 3.34. The van der Waals surface area contributed by atoms with E-state index in [0.29, 0.717) is 6.04 Å². The van der Waals surface area contributed by atoms with Gasteiger partial charge in [0.15, 0.2) is 0 Å². The maximum absolute atomic E-state index is 5.04. The predicted molar refractivity (Wildman–Crippen MR) is 73.8 cm³/mol. The highest BCUT2D eigenvalue weighted by atomic mass is 16.5. The van der Waals surface area contributed by atoms with Crippen LogP contribution in [0.5, 0.6) is 0 Å². The summed E-state index contributed by atoms with van der Waals surface area (Å²) >= 11 is 0. The fourth-order valence-corrected chi connectivity index (χ4v) is 1.53. The number of ether oxygens (including phenoxy) is 1. The number of hydrogen-bond acceptors (Lipinski definition) is 5. The van der Waals surface area contributed by atoms with Crippen molar-refractivity contribution in [1.29, 1.82) is 0 Å². The number of nitrogens with zero attached hydrogens (tertiary/aromatic N) is 3. The summed E-state index contributed by atoms with van der Waals surface area (Å²) < 4.78 is 5.04. The Morgan fingerprint density at radius 3 is 2.83 bits per heavy atom. The molecule has 1 heterocycles. The molecule has 0 unspecified atom stereocenters. The van der Waals surface area contributed by atoms with Gasteiger partial charge in [-0.2, -0.15) is 0 Å². The minimum Gasteiger partial charge on any atom is -0.385 e. The highest BCUT2D eigenvalue weighted by molar-refractivity contribution is 5.34. The minimum absolute atomic E-state index is 0.454. The number of hydrogen-bond donors (Lipinski definition) is 1. The molecule has 0 spiro atoms. The third kappa shape index (κ3) is 5.42. The zero-order valence-electron chi connectivity index (χ0n) is 11.8. The second-order valence-corrected chi connectivity index (χ2v) is 4.67. The number of rotatable bonds is 8. The van der Waals surface area contributed by atoms with Crippen LogP contribution < -0.4 is 10.2 Å². The van der Waals surface area contributed by atoms with Gasteiger partial charge >= 0.3 is 0 Å². The summed E-state index contributed by atoms with van der Waals surface area (Å²) in [6, 6.07) is 0.454. The van der Waals surface area contributed by atoms with Gasteiger partial charge in [0, 0.05) is 46.1 Å². The molecule has 0 fully saturated rings. The number of methoxy groups -OCH3 is 1. The van der Waals surface area contributed by atoms with Gasteiger partial charge in [-0.3, -0.25) is 4.98 Å². The number of nitrogens with one attached hydrogen (secondary N) is 1. The van der Waals surface area contributed by atoms with Crippen LogP contribution in [0.1, 0.15) is 26.0 Å². The average Bonchev–Trinajstić information content (AvgIpc) is 2.37. The normalized spacial score (nSPS) is 10.9. The van der Waals surface area contributed by atoms with E-state index in [-0.39, 0.29) is 0 Å². The van der Waals surface area contributed by atoms with E-state index in [9.17, 15) is 0 Å². The minimum atomic E-state index is 0.454. The highest BCUT2D eigenvalue weighted by Gasteiger charge is 2.04. The van der Waals surface area contributed by atoms with E-state index in [1.54, 1.807) is 13.3 Å². The molecule has 1 aromatic heterocycles. The molecule has 0 aliphatic heterocycles. The van der Waals surface area contributed by atoms with E-state index in [4.69, 9.17) is 4.74 Å². The highest BCUT2D eigenvalue weighted by Crippen LogP contribution is 2.08. The summed E-state index contributed by atoms with van der Waals surface area (Å²) in [5.74, 6) is 0.911. The maximum Gasteiger partial charge on any atom is 0.147 e. The summed E-state index contributed by atoms with van der Waals surface area (Å²) in [6.07, 6.45) is 4.59. The van der Waals surface area contributed by atoms with Crippen molar-refractivity contribution in [3.8, 4) is 0 Å². The quantitative estimate of drug-likeness (QED) is 0.710. The first-order valence-corrected chi connectivity index (χ1v) is 6.38. The average molecular weight is 252 g/mol. The Morgan fingerprint density at radius 1 is 1.39 bits per heavy atom. The molecular formula is C13H24N4O. The van der Waals surface area contributed by atoms with Gasteiger partial charge in [-0.15, -0.1) is 0 Å². The molecule has 1 rings (SSSR count). The van der Waals surface area contributed by atoms with Crippen molar-refractivity contribution < 1.29 is 4.74 Å². The van der Waals surface area contributed by atoms with E-state index in [1.807, 2.05) is 13.2 Å². The number of aromatic nitrogens is 2. The molecule has 1 aromatic rings. The van der Waals surface area contributed by atoms with Gasteiger partial charge < -0.3 is 15.0 Å². The fraction of sp³-hybridized carbons (Fsp3) is 0.692. The Bertz CT molecular complexity index is 344. The van der Waals surface area contributed by atoms with Crippen LogP contribution in [0.4, 0.5) is 5.82 Å². The van der Waals surface area contributed by atoms with Gasteiger partial charge in [-0.1, -0.05) is 13.8 Å². The monoisotopic (exact) mass is 252 g/mol. The molecule has 18 heavy (non-hydrogen) atoms. The Balaban J connectivity index is 2.52. The lowest BCUT2D eigenvalue weighted by Crippen LogP contribution is -2.24. The summed E-state index contributed by atoms with van der Waals surface area (Å²) in [4.78, 5) is 10.9. The maximum atomic E-state index is 5.04. The Hall–Kier alpha value is -1.20. The van der Waals surface area contributed by atoms with Crippen LogP contribution in [0, 0.1) is 0 Å². The zero-order chi connectivity index (χ0) is 13.4. The first-order valence-electron chi connectivity index (χ1n) is 6.38. The summed E-state index contributed by atoms with van der Waals surface area (Å²) in [6.45, 7) is 6.68.